The fourth-order valence-corrected chi connectivity index (χ4v) is 3.21. The van der Waals surface area contributed by atoms with Gasteiger partial charge in [0.1, 0.15) is 11.5 Å². The van der Waals surface area contributed by atoms with Crippen molar-refractivity contribution in [1.29, 1.82) is 0 Å². The van der Waals surface area contributed by atoms with Crippen LogP contribution in [0, 0.1) is 0 Å². The Hall–Kier alpha value is -3.61. The van der Waals surface area contributed by atoms with Crippen LogP contribution in [-0.2, 0) is 13.0 Å². The third-order valence-electron chi connectivity index (χ3n) is 5.02. The van der Waals surface area contributed by atoms with Crippen LogP contribution in [0.5, 0.6) is 17.4 Å². The minimum atomic E-state index is -4.98. The van der Waals surface area contributed by atoms with E-state index in [0.717, 1.165) is 22.6 Å². The van der Waals surface area contributed by atoms with E-state index >= 15 is 0 Å². The smallest absolute Gasteiger partial charge is 0.439 e. The average molecular weight is 533 g/mol. The molecule has 3 aromatic rings. The number of halogens is 7. The first-order chi connectivity index (χ1) is 17.4. The van der Waals surface area contributed by atoms with Crippen LogP contribution in [0.1, 0.15) is 18.1 Å². The van der Waals surface area contributed by atoms with Crippen molar-refractivity contribution in [3.05, 3.63) is 71.9 Å². The molecule has 0 unspecified atom stereocenters. The molecule has 0 aliphatic heterocycles. The summed E-state index contributed by atoms with van der Waals surface area (Å²) in [7, 11) is 0. The lowest BCUT2D eigenvalue weighted by Crippen LogP contribution is -2.41. The summed E-state index contributed by atoms with van der Waals surface area (Å²) >= 11 is 0. The number of ether oxygens (including phenoxy) is 2. The van der Waals surface area contributed by atoms with E-state index in [1.165, 1.54) is 24.4 Å². The van der Waals surface area contributed by atoms with Crippen molar-refractivity contribution < 1.29 is 45.3 Å². The highest BCUT2D eigenvalue weighted by Gasteiger charge is 2.44. The topological polar surface area (TPSA) is 67.7 Å². The summed E-state index contributed by atoms with van der Waals surface area (Å²) in [4.78, 5) is 9.06. The maximum atomic E-state index is 13.3. The average Bonchev–Trinajstić information content (AvgIpc) is 2.83. The van der Waals surface area contributed by atoms with E-state index in [1.54, 1.807) is 12.1 Å². The van der Waals surface area contributed by atoms with Gasteiger partial charge in [-0.3, -0.25) is 0 Å². The van der Waals surface area contributed by atoms with Gasteiger partial charge in [-0.15, -0.1) is 0 Å². The Bertz CT molecular complexity index is 1180. The van der Waals surface area contributed by atoms with Gasteiger partial charge in [-0.1, -0.05) is 37.3 Å². The lowest BCUT2D eigenvalue weighted by atomic mass is 10.1. The van der Waals surface area contributed by atoms with Gasteiger partial charge in [-0.25, -0.2) is 4.98 Å². The monoisotopic (exact) mass is 533 g/mol. The second kappa shape index (κ2) is 11.6. The number of hydrogen-bond donors (Lipinski definition) is 1. The largest absolute Gasteiger partial charge is 0.461 e. The van der Waals surface area contributed by atoms with Crippen molar-refractivity contribution in [2.75, 3.05) is 11.4 Å². The normalized spacial score (nSPS) is 12.9. The molecule has 0 aliphatic carbocycles. The van der Waals surface area contributed by atoms with Crippen molar-refractivity contribution in [2.45, 2.75) is 44.7 Å². The Morgan fingerprint density at radius 2 is 1.73 bits per heavy atom. The minimum Gasteiger partial charge on any atom is -0.439 e. The predicted molar refractivity (Wildman–Crippen MR) is 119 cm³/mol. The molecule has 1 atom stereocenters. The molecule has 0 amide bonds. The number of para-hydroxylation sites is 1. The SMILES string of the molecule is CCc1ccccc1Oc1ccnc(N(Cc2cccc(OC(F)(F)C(F)F)c2)C[C@@H](O)C(F)(F)F)n1. The zero-order chi connectivity index (χ0) is 27.2. The van der Waals surface area contributed by atoms with Crippen LogP contribution in [0.4, 0.5) is 36.7 Å². The van der Waals surface area contributed by atoms with E-state index in [4.69, 9.17) is 4.74 Å². The highest BCUT2D eigenvalue weighted by atomic mass is 19.4. The molecule has 0 spiro atoms. The van der Waals surface area contributed by atoms with Crippen LogP contribution in [0.25, 0.3) is 0 Å². The summed E-state index contributed by atoms with van der Waals surface area (Å²) in [6, 6.07) is 12.9. The number of hydrogen-bond acceptors (Lipinski definition) is 6. The van der Waals surface area contributed by atoms with Crippen molar-refractivity contribution in [3.63, 3.8) is 0 Å². The number of benzene rings is 2. The number of aliphatic hydroxyl groups excluding tert-OH is 1. The van der Waals surface area contributed by atoms with Gasteiger partial charge in [0.2, 0.25) is 11.8 Å². The van der Waals surface area contributed by atoms with Crippen LogP contribution >= 0.6 is 0 Å². The van der Waals surface area contributed by atoms with Gasteiger partial charge in [0.05, 0.1) is 6.54 Å². The third-order valence-corrected chi connectivity index (χ3v) is 5.02. The van der Waals surface area contributed by atoms with Gasteiger partial charge in [0, 0.05) is 18.8 Å². The highest BCUT2D eigenvalue weighted by Crippen LogP contribution is 2.30. The fourth-order valence-electron chi connectivity index (χ4n) is 3.21. The Kier molecular flexibility index (Phi) is 8.79. The molecule has 0 fully saturated rings. The van der Waals surface area contributed by atoms with Crippen LogP contribution in [-0.4, -0.2) is 46.4 Å². The van der Waals surface area contributed by atoms with E-state index in [2.05, 4.69) is 14.7 Å². The van der Waals surface area contributed by atoms with Crippen LogP contribution in [0.15, 0.2) is 60.8 Å². The summed E-state index contributed by atoms with van der Waals surface area (Å²) < 4.78 is 101. The molecule has 0 bridgehead atoms. The molecular weight excluding hydrogens is 511 g/mol. The number of alkyl halides is 7. The summed E-state index contributed by atoms with van der Waals surface area (Å²) in [5.41, 5.74) is 0.951. The second-order valence-corrected chi connectivity index (χ2v) is 7.81. The molecule has 0 aliphatic rings. The first-order valence-corrected chi connectivity index (χ1v) is 10.9. The molecule has 37 heavy (non-hydrogen) atoms. The lowest BCUT2D eigenvalue weighted by Gasteiger charge is -2.27. The van der Waals surface area contributed by atoms with Gasteiger partial charge in [-0.05, 0) is 35.7 Å². The van der Waals surface area contributed by atoms with Gasteiger partial charge < -0.3 is 19.5 Å². The minimum absolute atomic E-state index is 0.00561. The quantitative estimate of drug-likeness (QED) is 0.305. The van der Waals surface area contributed by atoms with E-state index in [1.807, 2.05) is 19.1 Å². The maximum absolute atomic E-state index is 13.3. The zero-order valence-electron chi connectivity index (χ0n) is 19.3. The van der Waals surface area contributed by atoms with Crippen LogP contribution in [0.3, 0.4) is 0 Å². The van der Waals surface area contributed by atoms with Crippen molar-refractivity contribution in [1.82, 2.24) is 9.97 Å². The molecule has 0 radical (unpaired) electrons. The van der Waals surface area contributed by atoms with Gasteiger partial charge >= 0.3 is 18.7 Å². The maximum Gasteiger partial charge on any atom is 0.461 e. The highest BCUT2D eigenvalue weighted by molar-refractivity contribution is 5.40. The predicted octanol–water partition coefficient (Wildman–Crippen LogP) is 6.00. The number of anilines is 1. The Labute approximate surface area is 207 Å². The van der Waals surface area contributed by atoms with E-state index in [0.29, 0.717) is 12.2 Å². The molecular formula is C24H22F7N3O3. The number of aromatic nitrogens is 2. The first-order valence-electron chi connectivity index (χ1n) is 10.9. The summed E-state index contributed by atoms with van der Waals surface area (Å²) in [6.07, 6.45) is -14.8. The lowest BCUT2D eigenvalue weighted by molar-refractivity contribution is -0.253. The summed E-state index contributed by atoms with van der Waals surface area (Å²) in [5, 5.41) is 9.68. The fraction of sp³-hybridized carbons (Fsp3) is 0.333. The molecule has 1 aromatic heterocycles. The number of aryl methyl sites for hydroxylation is 1. The van der Waals surface area contributed by atoms with Crippen LogP contribution < -0.4 is 14.4 Å². The third kappa shape index (κ3) is 7.68. The van der Waals surface area contributed by atoms with Crippen molar-refractivity contribution >= 4 is 5.95 Å². The molecule has 1 heterocycles. The molecule has 2 aromatic carbocycles. The van der Waals surface area contributed by atoms with Crippen molar-refractivity contribution in [2.24, 2.45) is 0 Å². The van der Waals surface area contributed by atoms with Gasteiger partial charge in [0.25, 0.3) is 0 Å². The molecule has 13 heteroatoms. The zero-order valence-corrected chi connectivity index (χ0v) is 19.3. The Morgan fingerprint density at radius 1 is 1.00 bits per heavy atom. The number of rotatable bonds is 11. The summed E-state index contributed by atoms with van der Waals surface area (Å²) in [5.74, 6) is -0.417. The molecule has 200 valence electrons. The standard InChI is InChI=1S/C24H22F7N3O3/c1-2-16-7-3-4-9-18(16)36-20-10-11-32-22(33-20)34(14-19(35)23(27,28)29)13-15-6-5-8-17(12-15)37-24(30,31)21(25)26/h3-12,19,21,35H,2,13-14H2,1H3/t19-/m1/s1. The second-order valence-electron chi connectivity index (χ2n) is 7.81. The molecule has 1 N–H and O–H groups in total. The van der Waals surface area contributed by atoms with E-state index < -0.39 is 43.7 Å². The van der Waals surface area contributed by atoms with E-state index in [9.17, 15) is 35.8 Å². The molecule has 3 rings (SSSR count). The van der Waals surface area contributed by atoms with Gasteiger partial charge in [-0.2, -0.15) is 35.7 Å². The molecule has 6 nitrogen and oxygen atoms in total. The first kappa shape index (κ1) is 28.0. The Morgan fingerprint density at radius 3 is 2.41 bits per heavy atom. The number of nitrogens with zero attached hydrogens (tertiary/aromatic N) is 3. The van der Waals surface area contributed by atoms with Gasteiger partial charge in [0.15, 0.2) is 6.10 Å². The van der Waals surface area contributed by atoms with E-state index in [-0.39, 0.29) is 17.4 Å². The molecule has 0 saturated heterocycles. The summed E-state index contributed by atoms with van der Waals surface area (Å²) in [6.45, 7) is 0.471. The van der Waals surface area contributed by atoms with Crippen molar-refractivity contribution in [3.8, 4) is 17.4 Å². The van der Waals surface area contributed by atoms with Crippen LogP contribution in [0.2, 0.25) is 0 Å². The molecule has 0 saturated carbocycles. The Balaban J connectivity index is 1.90. The number of aliphatic hydroxyl groups is 1.